The Kier molecular flexibility index (Phi) is 4.61. The maximum atomic E-state index is 11.0. The van der Waals surface area contributed by atoms with Gasteiger partial charge in [-0.05, 0) is 37.8 Å². The zero-order chi connectivity index (χ0) is 16.5. The summed E-state index contributed by atoms with van der Waals surface area (Å²) in [4.78, 5) is 6.74. The smallest absolute Gasteiger partial charge is 0.193 e. The normalized spacial score (nSPS) is 27.0. The summed E-state index contributed by atoms with van der Waals surface area (Å²) < 4.78 is 0.243. The molecular weight excluding hydrogens is 306 g/mol. The fraction of sp³-hybridized carbons (Fsp3) is 0.611. The summed E-state index contributed by atoms with van der Waals surface area (Å²) in [6.45, 7) is 7.05. The highest BCUT2D eigenvalue weighted by Gasteiger charge is 2.37. The first-order valence-corrected chi connectivity index (χ1v) is 9.32. The second-order valence-electron chi connectivity index (χ2n) is 7.12. The Balaban J connectivity index is 1.67. The van der Waals surface area contributed by atoms with Crippen LogP contribution in [0.4, 0.5) is 0 Å². The number of fused-ring (bicyclic) bond motifs is 1. The Morgan fingerprint density at radius 2 is 2.17 bits per heavy atom. The van der Waals surface area contributed by atoms with Crippen molar-refractivity contribution < 1.29 is 5.11 Å². The van der Waals surface area contributed by atoms with Crippen molar-refractivity contribution in [1.82, 2.24) is 10.2 Å². The fourth-order valence-electron chi connectivity index (χ4n) is 3.61. The molecule has 1 fully saturated rings. The van der Waals surface area contributed by atoms with Gasteiger partial charge in [0, 0.05) is 30.6 Å². The van der Waals surface area contributed by atoms with Crippen LogP contribution in [-0.2, 0) is 12.0 Å². The summed E-state index contributed by atoms with van der Waals surface area (Å²) in [6.07, 6.45) is 1.72. The molecule has 126 valence electrons. The van der Waals surface area contributed by atoms with Gasteiger partial charge in [0.25, 0.3) is 0 Å². The van der Waals surface area contributed by atoms with E-state index in [1.165, 1.54) is 5.56 Å². The Morgan fingerprint density at radius 1 is 1.39 bits per heavy atom. The molecule has 1 aliphatic carbocycles. The Hall–Kier alpha value is -1.20. The van der Waals surface area contributed by atoms with E-state index < -0.39 is 5.60 Å². The number of aryl methyl sites for hydroxylation is 1. The molecule has 1 aromatic rings. The third-order valence-corrected chi connectivity index (χ3v) is 6.10. The molecule has 1 atom stereocenters. The molecule has 0 spiro atoms. The molecule has 3 rings (SSSR count). The first-order chi connectivity index (χ1) is 10.9. The average Bonchev–Trinajstić information content (AvgIpc) is 2.85. The van der Waals surface area contributed by atoms with Gasteiger partial charge >= 0.3 is 0 Å². The number of guanidine groups is 1. The van der Waals surface area contributed by atoms with Gasteiger partial charge in [-0.1, -0.05) is 24.3 Å². The summed E-state index contributed by atoms with van der Waals surface area (Å²) in [7, 11) is 1.82. The molecule has 0 aromatic heterocycles. The van der Waals surface area contributed by atoms with Crippen LogP contribution in [0.1, 0.15) is 31.4 Å². The molecule has 4 nitrogen and oxygen atoms in total. The number of aliphatic hydroxyl groups is 1. The molecule has 2 aliphatic rings. The molecule has 1 aromatic carbocycles. The lowest BCUT2D eigenvalue weighted by Gasteiger charge is -2.39. The number of nitrogens with zero attached hydrogens (tertiary/aromatic N) is 2. The van der Waals surface area contributed by atoms with Crippen molar-refractivity contribution in [3.63, 3.8) is 0 Å². The second-order valence-corrected chi connectivity index (χ2v) is 8.92. The Morgan fingerprint density at radius 3 is 2.91 bits per heavy atom. The molecule has 0 saturated carbocycles. The molecule has 0 radical (unpaired) electrons. The van der Waals surface area contributed by atoms with Crippen LogP contribution in [0.2, 0.25) is 0 Å². The van der Waals surface area contributed by atoms with Crippen LogP contribution in [0.15, 0.2) is 29.3 Å². The highest BCUT2D eigenvalue weighted by atomic mass is 32.2. The highest BCUT2D eigenvalue weighted by molar-refractivity contribution is 8.00. The van der Waals surface area contributed by atoms with Gasteiger partial charge < -0.3 is 15.3 Å². The van der Waals surface area contributed by atoms with E-state index in [1.54, 1.807) is 0 Å². The predicted octanol–water partition coefficient (Wildman–Crippen LogP) is 2.22. The maximum Gasteiger partial charge on any atom is 0.193 e. The molecule has 1 saturated heterocycles. The van der Waals surface area contributed by atoms with Crippen LogP contribution < -0.4 is 5.32 Å². The topological polar surface area (TPSA) is 47.9 Å². The summed E-state index contributed by atoms with van der Waals surface area (Å²) in [5, 5.41) is 14.5. The van der Waals surface area contributed by atoms with E-state index in [-0.39, 0.29) is 4.75 Å². The number of rotatable bonds is 2. The minimum Gasteiger partial charge on any atom is -0.383 e. The molecule has 23 heavy (non-hydrogen) atoms. The lowest BCUT2D eigenvalue weighted by atomic mass is 9.96. The average molecular weight is 334 g/mol. The summed E-state index contributed by atoms with van der Waals surface area (Å²) in [6, 6.07) is 8.22. The van der Waals surface area contributed by atoms with Gasteiger partial charge in [0.15, 0.2) is 5.96 Å². The molecule has 1 unspecified atom stereocenters. The van der Waals surface area contributed by atoms with Gasteiger partial charge in [0.05, 0.1) is 6.54 Å². The van der Waals surface area contributed by atoms with E-state index in [1.807, 2.05) is 37.0 Å². The molecule has 1 heterocycles. The molecule has 0 bridgehead atoms. The van der Waals surface area contributed by atoms with Crippen molar-refractivity contribution in [3.05, 3.63) is 35.4 Å². The van der Waals surface area contributed by atoms with E-state index >= 15 is 0 Å². The van der Waals surface area contributed by atoms with E-state index in [2.05, 4.69) is 35.1 Å². The van der Waals surface area contributed by atoms with Gasteiger partial charge in [-0.15, -0.1) is 0 Å². The van der Waals surface area contributed by atoms with E-state index in [0.29, 0.717) is 6.54 Å². The van der Waals surface area contributed by atoms with Gasteiger partial charge in [0.1, 0.15) is 5.60 Å². The fourth-order valence-corrected chi connectivity index (χ4v) is 4.72. The van der Waals surface area contributed by atoms with Gasteiger partial charge in [0.2, 0.25) is 0 Å². The quantitative estimate of drug-likeness (QED) is 0.644. The van der Waals surface area contributed by atoms with Crippen molar-refractivity contribution in [2.75, 3.05) is 32.4 Å². The zero-order valence-electron chi connectivity index (χ0n) is 14.3. The molecule has 0 amide bonds. The summed E-state index contributed by atoms with van der Waals surface area (Å²) in [5.74, 6) is 2.01. The van der Waals surface area contributed by atoms with E-state index in [4.69, 9.17) is 0 Å². The lowest BCUT2D eigenvalue weighted by Crippen LogP contribution is -2.53. The summed E-state index contributed by atoms with van der Waals surface area (Å²) in [5.41, 5.74) is 1.55. The van der Waals surface area contributed by atoms with Crippen LogP contribution in [-0.4, -0.2) is 53.1 Å². The molecule has 5 heteroatoms. The minimum atomic E-state index is -0.785. The molecular formula is C18H27N3OS. The molecule has 2 N–H and O–H groups in total. The first kappa shape index (κ1) is 16.7. The number of aliphatic imine (C=N–C) groups is 1. The third-order valence-electron chi connectivity index (χ3n) is 4.80. The Bertz CT molecular complexity index is 602. The van der Waals surface area contributed by atoms with Gasteiger partial charge in [-0.3, -0.25) is 4.99 Å². The number of hydrogen-bond acceptors (Lipinski definition) is 3. The SMILES string of the molecule is CN=C(NCC1(O)CCc2ccccc21)N1CCSC(C)(C)C1. The van der Waals surface area contributed by atoms with Gasteiger partial charge in [-0.25, -0.2) is 0 Å². The van der Waals surface area contributed by atoms with Crippen molar-refractivity contribution in [2.45, 2.75) is 37.0 Å². The number of hydrogen-bond donors (Lipinski definition) is 2. The highest BCUT2D eigenvalue weighted by Crippen LogP contribution is 2.36. The van der Waals surface area contributed by atoms with Crippen LogP contribution in [0.3, 0.4) is 0 Å². The summed E-state index contributed by atoms with van der Waals surface area (Å²) >= 11 is 2.01. The third kappa shape index (κ3) is 3.50. The number of nitrogens with one attached hydrogen (secondary N) is 1. The standard InChI is InChI=1S/C18H27N3OS/c1-17(2)13-21(10-11-23-17)16(19-3)20-12-18(22)9-8-14-6-4-5-7-15(14)18/h4-7,22H,8-13H2,1-3H3,(H,19,20). The minimum absolute atomic E-state index is 0.243. The van der Waals surface area contributed by atoms with Crippen LogP contribution in [0.5, 0.6) is 0 Å². The lowest BCUT2D eigenvalue weighted by molar-refractivity contribution is 0.0425. The molecule has 1 aliphatic heterocycles. The zero-order valence-corrected chi connectivity index (χ0v) is 15.1. The number of thioether (sulfide) groups is 1. The number of benzene rings is 1. The van der Waals surface area contributed by atoms with Crippen LogP contribution >= 0.6 is 11.8 Å². The van der Waals surface area contributed by atoms with Crippen molar-refractivity contribution in [1.29, 1.82) is 0 Å². The predicted molar refractivity (Wildman–Crippen MR) is 98.1 cm³/mol. The van der Waals surface area contributed by atoms with E-state index in [9.17, 15) is 5.11 Å². The van der Waals surface area contributed by atoms with Crippen LogP contribution in [0.25, 0.3) is 0 Å². The monoisotopic (exact) mass is 333 g/mol. The first-order valence-electron chi connectivity index (χ1n) is 8.34. The van der Waals surface area contributed by atoms with Crippen LogP contribution in [0, 0.1) is 0 Å². The Labute approximate surface area is 143 Å². The maximum absolute atomic E-state index is 11.0. The van der Waals surface area contributed by atoms with Crippen molar-refractivity contribution in [3.8, 4) is 0 Å². The van der Waals surface area contributed by atoms with E-state index in [0.717, 1.165) is 43.2 Å². The van der Waals surface area contributed by atoms with Crippen molar-refractivity contribution >= 4 is 17.7 Å². The van der Waals surface area contributed by atoms with Gasteiger partial charge in [-0.2, -0.15) is 11.8 Å². The van der Waals surface area contributed by atoms with Crippen molar-refractivity contribution in [2.24, 2.45) is 4.99 Å². The second kappa shape index (κ2) is 6.36. The largest absolute Gasteiger partial charge is 0.383 e.